The average Bonchev–Trinajstić information content (AvgIpc) is 3.23. The van der Waals surface area contributed by atoms with Gasteiger partial charge in [-0.25, -0.2) is 12.4 Å². The molecule has 34 heavy (non-hydrogen) atoms. The minimum Gasteiger partial charge on any atom is -0.493 e. The largest absolute Gasteiger partial charge is 0.493 e. The number of benzene rings is 2. The maximum Gasteiger partial charge on any atom is 0.269 e. The van der Waals surface area contributed by atoms with Crippen LogP contribution in [0.3, 0.4) is 0 Å². The van der Waals surface area contributed by atoms with Crippen molar-refractivity contribution < 1.29 is 22.7 Å². The summed E-state index contributed by atoms with van der Waals surface area (Å²) in [5, 5.41) is 3.15. The topological polar surface area (TPSA) is 138 Å². The summed E-state index contributed by atoms with van der Waals surface area (Å²) in [5.41, 5.74) is 6.89. The highest BCUT2D eigenvalue weighted by molar-refractivity contribution is 7.90. The Balaban J connectivity index is 1.86. The van der Waals surface area contributed by atoms with E-state index in [9.17, 15) is 13.2 Å². The third-order valence-corrected chi connectivity index (χ3v) is 6.95. The molecule has 4 rings (SSSR count). The van der Waals surface area contributed by atoms with E-state index >= 15 is 0 Å². The third kappa shape index (κ3) is 4.11. The fourth-order valence-electron chi connectivity index (χ4n) is 3.39. The van der Waals surface area contributed by atoms with Gasteiger partial charge in [0.2, 0.25) is 5.28 Å². The smallest absolute Gasteiger partial charge is 0.269 e. The number of carbonyl (C=O) groups excluding carboxylic acids is 1. The van der Waals surface area contributed by atoms with Crippen LogP contribution in [-0.2, 0) is 10.0 Å². The molecular weight excluding hydrogens is 482 g/mol. The summed E-state index contributed by atoms with van der Waals surface area (Å²) in [6, 6.07) is 10.9. The molecule has 4 aromatic rings. The van der Waals surface area contributed by atoms with Crippen molar-refractivity contribution >= 4 is 50.1 Å². The fraction of sp³-hybridized carbons (Fsp3) is 0.136. The minimum absolute atomic E-state index is 0.0594. The molecule has 0 aliphatic heterocycles. The molecule has 10 nitrogen and oxygen atoms in total. The van der Waals surface area contributed by atoms with Crippen LogP contribution >= 0.6 is 11.6 Å². The summed E-state index contributed by atoms with van der Waals surface area (Å²) in [5.74, 6) is 0.0934. The summed E-state index contributed by atoms with van der Waals surface area (Å²) in [6.07, 6.45) is 1.36. The number of ether oxygens (including phenoxy) is 2. The molecule has 0 saturated carbocycles. The first-order chi connectivity index (χ1) is 16.1. The molecule has 176 valence electrons. The zero-order valence-corrected chi connectivity index (χ0v) is 19.9. The Kier molecular flexibility index (Phi) is 6.07. The Hall–Kier alpha value is -3.83. The van der Waals surface area contributed by atoms with Crippen LogP contribution in [0.4, 0.5) is 11.5 Å². The fourth-order valence-corrected chi connectivity index (χ4v) is 4.85. The highest BCUT2D eigenvalue weighted by Gasteiger charge is 2.23. The van der Waals surface area contributed by atoms with Gasteiger partial charge >= 0.3 is 0 Å². The van der Waals surface area contributed by atoms with Crippen molar-refractivity contribution in [3.05, 3.63) is 65.1 Å². The van der Waals surface area contributed by atoms with Gasteiger partial charge in [0.05, 0.1) is 35.8 Å². The van der Waals surface area contributed by atoms with Crippen LogP contribution in [0.15, 0.2) is 53.6 Å². The van der Waals surface area contributed by atoms with Gasteiger partial charge in [0.15, 0.2) is 17.1 Å². The quantitative estimate of drug-likeness (QED) is 0.367. The summed E-state index contributed by atoms with van der Waals surface area (Å²) >= 11 is 6.14. The lowest BCUT2D eigenvalue weighted by molar-refractivity contribution is 0.100. The summed E-state index contributed by atoms with van der Waals surface area (Å²) in [7, 11) is -1.08. The minimum atomic E-state index is -3.96. The number of methoxy groups -OCH3 is 2. The summed E-state index contributed by atoms with van der Waals surface area (Å²) in [4.78, 5) is 20.5. The molecule has 0 aliphatic carbocycles. The molecule has 0 aliphatic rings. The predicted octanol–water partition coefficient (Wildman–Crippen LogP) is 3.49. The highest BCUT2D eigenvalue weighted by atomic mass is 35.5. The third-order valence-electron chi connectivity index (χ3n) is 5.10. The number of nitrogens with one attached hydrogen (secondary N) is 1. The molecular formula is C22H20ClN5O5S. The Morgan fingerprint density at radius 2 is 1.71 bits per heavy atom. The zero-order valence-electron chi connectivity index (χ0n) is 18.4. The van der Waals surface area contributed by atoms with Crippen LogP contribution in [0, 0.1) is 6.92 Å². The first kappa shape index (κ1) is 23.3. The molecule has 0 unspecified atom stereocenters. The summed E-state index contributed by atoms with van der Waals surface area (Å²) in [6.45, 7) is 1.86. The van der Waals surface area contributed by atoms with E-state index < -0.39 is 15.9 Å². The van der Waals surface area contributed by atoms with E-state index in [2.05, 4.69) is 15.3 Å². The number of hydrogen-bond donors (Lipinski definition) is 2. The number of anilines is 2. The number of primary amides is 1. The number of hydrogen-bond acceptors (Lipinski definition) is 8. The number of fused-ring (bicyclic) bond motifs is 1. The van der Waals surface area contributed by atoms with E-state index in [0.29, 0.717) is 16.9 Å². The van der Waals surface area contributed by atoms with Crippen molar-refractivity contribution in [2.75, 3.05) is 19.5 Å². The van der Waals surface area contributed by atoms with Gasteiger partial charge in [-0.1, -0.05) is 17.7 Å². The Labute approximate surface area is 200 Å². The van der Waals surface area contributed by atoms with E-state index in [1.807, 2.05) is 6.92 Å². The number of nitrogens with zero attached hydrogens (tertiary/aromatic N) is 3. The number of aryl methyl sites for hydroxylation is 1. The number of halogens is 1. The van der Waals surface area contributed by atoms with Crippen LogP contribution in [0.2, 0.25) is 5.28 Å². The molecule has 2 heterocycles. The number of amides is 1. The van der Waals surface area contributed by atoms with Crippen molar-refractivity contribution in [2.45, 2.75) is 11.8 Å². The van der Waals surface area contributed by atoms with E-state index in [1.165, 1.54) is 50.7 Å². The van der Waals surface area contributed by atoms with Gasteiger partial charge in [0.1, 0.15) is 5.82 Å². The molecule has 2 aromatic heterocycles. The number of aromatic nitrogens is 3. The molecule has 2 aromatic carbocycles. The Morgan fingerprint density at radius 3 is 2.32 bits per heavy atom. The molecule has 0 radical (unpaired) electrons. The predicted molar refractivity (Wildman–Crippen MR) is 128 cm³/mol. The van der Waals surface area contributed by atoms with Crippen LogP contribution in [0.5, 0.6) is 11.5 Å². The standard InChI is InChI=1S/C22H20ClN5O5S/c1-12-4-6-13(7-5-12)34(30,31)28-9-8-14-20(26-22(23)27-21(14)28)25-16-11-18(33-3)17(32-2)10-15(16)19(24)29/h4-11H,1-3H3,(H2,24,29)(H,25,26,27). The summed E-state index contributed by atoms with van der Waals surface area (Å²) < 4.78 is 38.1. The van der Waals surface area contributed by atoms with Crippen LogP contribution in [0.25, 0.3) is 11.0 Å². The lowest BCUT2D eigenvalue weighted by Crippen LogP contribution is -2.14. The zero-order chi connectivity index (χ0) is 24.6. The van der Waals surface area contributed by atoms with E-state index in [-0.39, 0.29) is 32.9 Å². The Bertz CT molecular complexity index is 1520. The Morgan fingerprint density at radius 1 is 1.06 bits per heavy atom. The molecule has 1 amide bonds. The molecule has 0 saturated heterocycles. The lowest BCUT2D eigenvalue weighted by Gasteiger charge is -2.15. The maximum atomic E-state index is 13.2. The van der Waals surface area contributed by atoms with Crippen LogP contribution in [0.1, 0.15) is 15.9 Å². The van der Waals surface area contributed by atoms with Crippen LogP contribution < -0.4 is 20.5 Å². The molecule has 3 N–H and O–H groups in total. The average molecular weight is 502 g/mol. The number of rotatable bonds is 7. The molecule has 0 fully saturated rings. The first-order valence-electron chi connectivity index (χ1n) is 9.85. The van der Waals surface area contributed by atoms with Gasteiger partial charge in [-0.2, -0.15) is 9.97 Å². The lowest BCUT2D eigenvalue weighted by atomic mass is 10.1. The van der Waals surface area contributed by atoms with Crippen LogP contribution in [-0.4, -0.2) is 42.5 Å². The van der Waals surface area contributed by atoms with Gasteiger partial charge < -0.3 is 20.5 Å². The maximum absolute atomic E-state index is 13.2. The van der Waals surface area contributed by atoms with Crippen molar-refractivity contribution in [3.63, 3.8) is 0 Å². The van der Waals surface area contributed by atoms with E-state index in [4.69, 9.17) is 26.8 Å². The molecule has 0 spiro atoms. The van der Waals surface area contributed by atoms with Crippen molar-refractivity contribution in [1.29, 1.82) is 0 Å². The number of nitrogens with two attached hydrogens (primary N) is 1. The van der Waals surface area contributed by atoms with Gasteiger partial charge in [0.25, 0.3) is 15.9 Å². The highest BCUT2D eigenvalue weighted by Crippen LogP contribution is 2.36. The normalized spacial score (nSPS) is 11.4. The SMILES string of the molecule is COc1cc(Nc2nc(Cl)nc3c2ccn3S(=O)(=O)c2ccc(C)cc2)c(C(N)=O)cc1OC. The first-order valence-corrected chi connectivity index (χ1v) is 11.7. The second-order valence-corrected chi connectivity index (χ2v) is 9.40. The van der Waals surface area contributed by atoms with Gasteiger partial charge in [-0.3, -0.25) is 4.79 Å². The molecule has 12 heteroatoms. The van der Waals surface area contributed by atoms with Crippen molar-refractivity contribution in [1.82, 2.24) is 13.9 Å². The van der Waals surface area contributed by atoms with E-state index in [1.54, 1.807) is 12.1 Å². The van der Waals surface area contributed by atoms with E-state index in [0.717, 1.165) is 9.54 Å². The molecule has 0 bridgehead atoms. The van der Waals surface area contributed by atoms with Gasteiger partial charge in [0, 0.05) is 12.3 Å². The molecule has 0 atom stereocenters. The van der Waals surface area contributed by atoms with Crippen molar-refractivity contribution in [3.8, 4) is 11.5 Å². The second kappa shape index (κ2) is 8.84. The second-order valence-electron chi connectivity index (χ2n) is 7.25. The van der Waals surface area contributed by atoms with Gasteiger partial charge in [-0.05, 0) is 42.8 Å². The van der Waals surface area contributed by atoms with Gasteiger partial charge in [-0.15, -0.1) is 0 Å². The number of carbonyl (C=O) groups is 1. The van der Waals surface area contributed by atoms with Crippen molar-refractivity contribution in [2.24, 2.45) is 5.73 Å². The monoisotopic (exact) mass is 501 g/mol.